The first-order valence-electron chi connectivity index (χ1n) is 8.43. The molecule has 2 atom stereocenters. The summed E-state index contributed by atoms with van der Waals surface area (Å²) in [6.07, 6.45) is 0. The number of nitrogens with zero attached hydrogens (tertiary/aromatic N) is 1. The second kappa shape index (κ2) is 7.56. The van der Waals surface area contributed by atoms with E-state index in [1.54, 1.807) is 35.2 Å². The van der Waals surface area contributed by atoms with Gasteiger partial charge in [-0.05, 0) is 35.7 Å². The van der Waals surface area contributed by atoms with Crippen LogP contribution in [0.5, 0.6) is 5.75 Å². The van der Waals surface area contributed by atoms with E-state index in [0.717, 1.165) is 5.56 Å². The Bertz CT molecular complexity index is 823. The zero-order valence-corrected chi connectivity index (χ0v) is 14.4. The van der Waals surface area contributed by atoms with E-state index >= 15 is 0 Å². The van der Waals surface area contributed by atoms with Crippen molar-refractivity contribution in [3.63, 3.8) is 0 Å². The predicted molar refractivity (Wildman–Crippen MR) is 93.4 cm³/mol. The Morgan fingerprint density at radius 3 is 2.65 bits per heavy atom. The third-order valence-corrected chi connectivity index (χ3v) is 4.59. The molecule has 6 heteroatoms. The summed E-state index contributed by atoms with van der Waals surface area (Å²) in [6, 6.07) is 12.9. The molecule has 3 rings (SSSR count). The highest BCUT2D eigenvalue weighted by molar-refractivity contribution is 5.95. The summed E-state index contributed by atoms with van der Waals surface area (Å²) in [5, 5.41) is 9.21. The predicted octanol–water partition coefficient (Wildman–Crippen LogP) is 3.20. The van der Waals surface area contributed by atoms with Crippen LogP contribution in [-0.4, -0.2) is 35.0 Å². The van der Waals surface area contributed by atoms with Crippen molar-refractivity contribution in [3.8, 4) is 5.75 Å². The van der Waals surface area contributed by atoms with Gasteiger partial charge in [-0.2, -0.15) is 0 Å². The third kappa shape index (κ3) is 4.02. The average Bonchev–Trinajstić information content (AvgIpc) is 3.02. The van der Waals surface area contributed by atoms with Gasteiger partial charge in [-0.3, -0.25) is 9.59 Å². The first-order valence-corrected chi connectivity index (χ1v) is 8.43. The summed E-state index contributed by atoms with van der Waals surface area (Å²) < 4.78 is 18.7. The number of carbonyl (C=O) groups is 2. The second-order valence-electron chi connectivity index (χ2n) is 6.58. The maximum absolute atomic E-state index is 13.2. The molecule has 1 N–H and O–H groups in total. The molecule has 1 fully saturated rings. The van der Waals surface area contributed by atoms with Crippen molar-refractivity contribution in [2.24, 2.45) is 11.8 Å². The zero-order chi connectivity index (χ0) is 18.7. The fraction of sp³-hybridized carbons (Fsp3) is 0.300. The number of carboxylic acid groups (broad SMARTS) is 1. The highest BCUT2D eigenvalue weighted by Gasteiger charge is 2.37. The molecule has 0 radical (unpaired) electrons. The number of hydrogen-bond donors (Lipinski definition) is 1. The smallest absolute Gasteiger partial charge is 0.308 e. The standard InChI is InChI=1S/C20H20FNO4/c1-13-10-22(11-18(13)20(24)25)19(23)15-5-2-4-14(8-15)12-26-17-7-3-6-16(21)9-17/h2-9,13,18H,10-12H2,1H3,(H,24,25)/t13-,18-/m1/s1. The minimum Gasteiger partial charge on any atom is -0.489 e. The van der Waals surface area contributed by atoms with Gasteiger partial charge in [0.1, 0.15) is 18.2 Å². The fourth-order valence-corrected chi connectivity index (χ4v) is 3.15. The molecule has 0 bridgehead atoms. The van der Waals surface area contributed by atoms with Crippen LogP contribution < -0.4 is 4.74 Å². The van der Waals surface area contributed by atoms with Crippen LogP contribution in [-0.2, 0) is 11.4 Å². The Morgan fingerprint density at radius 1 is 1.19 bits per heavy atom. The number of amides is 1. The fourth-order valence-electron chi connectivity index (χ4n) is 3.15. The van der Waals surface area contributed by atoms with Gasteiger partial charge in [0, 0.05) is 24.7 Å². The first kappa shape index (κ1) is 17.9. The Morgan fingerprint density at radius 2 is 1.96 bits per heavy atom. The molecule has 1 saturated heterocycles. The van der Waals surface area contributed by atoms with E-state index < -0.39 is 11.9 Å². The molecule has 1 heterocycles. The van der Waals surface area contributed by atoms with Gasteiger partial charge in [-0.1, -0.05) is 25.1 Å². The second-order valence-corrected chi connectivity index (χ2v) is 6.58. The van der Waals surface area contributed by atoms with Gasteiger partial charge in [0.05, 0.1) is 5.92 Å². The quantitative estimate of drug-likeness (QED) is 0.892. The molecule has 0 aliphatic carbocycles. The number of rotatable bonds is 5. The number of likely N-dealkylation sites (tertiary alicyclic amines) is 1. The number of ether oxygens (including phenoxy) is 1. The van der Waals surface area contributed by atoms with Crippen molar-refractivity contribution < 1.29 is 23.8 Å². The third-order valence-electron chi connectivity index (χ3n) is 4.59. The molecule has 26 heavy (non-hydrogen) atoms. The highest BCUT2D eigenvalue weighted by Crippen LogP contribution is 2.25. The summed E-state index contributed by atoms with van der Waals surface area (Å²) in [5.74, 6) is -1.62. The number of carbonyl (C=O) groups excluding carboxylic acids is 1. The van der Waals surface area contributed by atoms with Crippen molar-refractivity contribution in [2.45, 2.75) is 13.5 Å². The molecule has 0 saturated carbocycles. The Kier molecular flexibility index (Phi) is 5.21. The highest BCUT2D eigenvalue weighted by atomic mass is 19.1. The van der Waals surface area contributed by atoms with Gasteiger partial charge in [0.25, 0.3) is 5.91 Å². The lowest BCUT2D eigenvalue weighted by Gasteiger charge is -2.16. The van der Waals surface area contributed by atoms with Crippen molar-refractivity contribution >= 4 is 11.9 Å². The van der Waals surface area contributed by atoms with E-state index in [1.165, 1.54) is 12.1 Å². The lowest BCUT2D eigenvalue weighted by molar-refractivity contribution is -0.142. The minimum absolute atomic E-state index is 0.0732. The lowest BCUT2D eigenvalue weighted by atomic mass is 9.99. The topological polar surface area (TPSA) is 66.8 Å². The van der Waals surface area contributed by atoms with Crippen LogP contribution in [0.3, 0.4) is 0 Å². The molecule has 2 aromatic carbocycles. The maximum atomic E-state index is 13.2. The monoisotopic (exact) mass is 357 g/mol. The van der Waals surface area contributed by atoms with Crippen molar-refractivity contribution in [3.05, 3.63) is 65.5 Å². The van der Waals surface area contributed by atoms with E-state index in [1.807, 2.05) is 13.0 Å². The molecule has 1 aliphatic heterocycles. The zero-order valence-electron chi connectivity index (χ0n) is 14.4. The molecular formula is C20H20FNO4. The molecule has 0 aromatic heterocycles. The van der Waals surface area contributed by atoms with Crippen LogP contribution in [0.15, 0.2) is 48.5 Å². The summed E-state index contributed by atoms with van der Waals surface area (Å²) in [6.45, 7) is 2.70. The van der Waals surface area contributed by atoms with Crippen molar-refractivity contribution in [2.75, 3.05) is 13.1 Å². The van der Waals surface area contributed by atoms with E-state index in [0.29, 0.717) is 17.9 Å². The number of benzene rings is 2. The van der Waals surface area contributed by atoms with Gasteiger partial charge in [-0.25, -0.2) is 4.39 Å². The average molecular weight is 357 g/mol. The van der Waals surface area contributed by atoms with Crippen LogP contribution in [0.4, 0.5) is 4.39 Å². The molecule has 1 aliphatic rings. The number of aliphatic carboxylic acids is 1. The first-order chi connectivity index (χ1) is 12.4. The van der Waals surface area contributed by atoms with Crippen LogP contribution in [0.25, 0.3) is 0 Å². The van der Waals surface area contributed by atoms with Crippen LogP contribution >= 0.6 is 0 Å². The number of carboxylic acids is 1. The van der Waals surface area contributed by atoms with Crippen molar-refractivity contribution in [1.29, 1.82) is 0 Å². The largest absolute Gasteiger partial charge is 0.489 e. The molecule has 0 unspecified atom stereocenters. The van der Waals surface area contributed by atoms with Crippen molar-refractivity contribution in [1.82, 2.24) is 4.90 Å². The minimum atomic E-state index is -0.870. The van der Waals surface area contributed by atoms with E-state index in [4.69, 9.17) is 4.74 Å². The summed E-state index contributed by atoms with van der Waals surface area (Å²) in [5.41, 5.74) is 1.27. The molecule has 1 amide bonds. The summed E-state index contributed by atoms with van der Waals surface area (Å²) in [7, 11) is 0. The molecular weight excluding hydrogens is 337 g/mol. The van der Waals surface area contributed by atoms with Crippen LogP contribution in [0, 0.1) is 17.7 Å². The van der Waals surface area contributed by atoms with E-state index in [2.05, 4.69) is 0 Å². The van der Waals surface area contributed by atoms with Crippen LogP contribution in [0.2, 0.25) is 0 Å². The summed E-state index contributed by atoms with van der Waals surface area (Å²) >= 11 is 0. The van der Waals surface area contributed by atoms with E-state index in [-0.39, 0.29) is 30.8 Å². The van der Waals surface area contributed by atoms with Gasteiger partial charge in [0.15, 0.2) is 0 Å². The Labute approximate surface area is 151 Å². The van der Waals surface area contributed by atoms with Gasteiger partial charge < -0.3 is 14.7 Å². The Hall–Kier alpha value is -2.89. The van der Waals surface area contributed by atoms with Gasteiger partial charge in [0.2, 0.25) is 0 Å². The van der Waals surface area contributed by atoms with E-state index in [9.17, 15) is 19.1 Å². The molecule has 0 spiro atoms. The maximum Gasteiger partial charge on any atom is 0.308 e. The van der Waals surface area contributed by atoms with Gasteiger partial charge >= 0.3 is 5.97 Å². The van der Waals surface area contributed by atoms with Crippen LogP contribution in [0.1, 0.15) is 22.8 Å². The number of hydrogen-bond acceptors (Lipinski definition) is 3. The molecule has 136 valence electrons. The SMILES string of the molecule is C[C@@H]1CN(C(=O)c2cccc(COc3cccc(F)c3)c2)C[C@H]1C(=O)O. The molecule has 2 aromatic rings. The Balaban J connectivity index is 1.67. The normalized spacial score (nSPS) is 19.4. The summed E-state index contributed by atoms with van der Waals surface area (Å²) in [4.78, 5) is 25.5. The van der Waals surface area contributed by atoms with Gasteiger partial charge in [-0.15, -0.1) is 0 Å². The number of halogens is 1. The lowest BCUT2D eigenvalue weighted by Crippen LogP contribution is -2.30. The molecule has 5 nitrogen and oxygen atoms in total.